The highest BCUT2D eigenvalue weighted by Gasteiger charge is 2.11. The van der Waals surface area contributed by atoms with Crippen molar-refractivity contribution in [1.82, 2.24) is 0 Å². The number of esters is 3. The summed E-state index contributed by atoms with van der Waals surface area (Å²) in [6.07, 6.45) is 2.62. The average Bonchev–Trinajstić information content (AvgIpc) is 2.67. The molecule has 3 aromatic rings. The van der Waals surface area contributed by atoms with Crippen LogP contribution in [-0.4, -0.2) is 17.9 Å². The number of hydrogen-bond acceptors (Lipinski definition) is 8. The molecular weight excluding hydrogens is 404 g/mol. The highest BCUT2D eigenvalue weighted by Crippen LogP contribution is 2.29. The molecule has 158 valence electrons. The van der Waals surface area contributed by atoms with Crippen LogP contribution in [0.25, 0.3) is 17.0 Å². The van der Waals surface area contributed by atoms with Crippen molar-refractivity contribution in [2.75, 3.05) is 0 Å². The molecule has 0 unspecified atom stereocenters. The van der Waals surface area contributed by atoms with E-state index < -0.39 is 23.5 Å². The second kappa shape index (κ2) is 9.08. The van der Waals surface area contributed by atoms with Crippen LogP contribution in [0.15, 0.2) is 57.8 Å². The maximum Gasteiger partial charge on any atom is 0.336 e. The normalized spacial score (nSPS) is 10.8. The molecule has 31 heavy (non-hydrogen) atoms. The monoisotopic (exact) mass is 422 g/mol. The van der Waals surface area contributed by atoms with E-state index in [-0.39, 0.29) is 17.2 Å². The summed E-state index contributed by atoms with van der Waals surface area (Å²) in [5.41, 5.74) is 1.08. The predicted molar refractivity (Wildman–Crippen MR) is 111 cm³/mol. The Kier molecular flexibility index (Phi) is 6.30. The number of benzene rings is 2. The first-order chi connectivity index (χ1) is 14.7. The van der Waals surface area contributed by atoms with Gasteiger partial charge in [0.1, 0.15) is 11.3 Å². The lowest BCUT2D eigenvalue weighted by Gasteiger charge is -2.09. The van der Waals surface area contributed by atoms with Gasteiger partial charge in [0.15, 0.2) is 11.5 Å². The van der Waals surface area contributed by atoms with Gasteiger partial charge in [-0.1, -0.05) is 6.07 Å². The molecule has 0 spiro atoms. The second-order valence-corrected chi connectivity index (χ2v) is 6.55. The standard InChI is InChI=1S/C23H18O8/c1-13-10-23(27)31-20-12-17(6-7-18(13)20)30-22(26)9-5-16-4-8-19(28-14(2)24)21(11-16)29-15(3)25/h4-12H,1-3H3/b9-5+. The van der Waals surface area contributed by atoms with Crippen LogP contribution in [0.5, 0.6) is 17.2 Å². The molecule has 3 rings (SSSR count). The van der Waals surface area contributed by atoms with Gasteiger partial charge in [-0.2, -0.15) is 0 Å². The van der Waals surface area contributed by atoms with Crippen molar-refractivity contribution in [2.45, 2.75) is 20.8 Å². The quantitative estimate of drug-likeness (QED) is 0.266. The van der Waals surface area contributed by atoms with E-state index in [2.05, 4.69) is 0 Å². The summed E-state index contributed by atoms with van der Waals surface area (Å²) in [5, 5.41) is 0.737. The summed E-state index contributed by atoms with van der Waals surface area (Å²) in [4.78, 5) is 46.2. The molecule has 0 aliphatic heterocycles. The van der Waals surface area contributed by atoms with Gasteiger partial charge in [0.05, 0.1) is 0 Å². The lowest BCUT2D eigenvalue weighted by Crippen LogP contribution is -2.07. The Morgan fingerprint density at radius 2 is 1.58 bits per heavy atom. The molecule has 1 heterocycles. The van der Waals surface area contributed by atoms with Gasteiger partial charge >= 0.3 is 23.5 Å². The summed E-state index contributed by atoms with van der Waals surface area (Å²) in [7, 11) is 0. The zero-order chi connectivity index (χ0) is 22.5. The molecule has 1 aromatic heterocycles. The van der Waals surface area contributed by atoms with E-state index in [4.69, 9.17) is 18.6 Å². The Hall–Kier alpha value is -4.20. The summed E-state index contributed by atoms with van der Waals surface area (Å²) < 4.78 is 20.4. The van der Waals surface area contributed by atoms with Crippen LogP contribution in [0.2, 0.25) is 0 Å². The van der Waals surface area contributed by atoms with Crippen LogP contribution in [0.4, 0.5) is 0 Å². The zero-order valence-electron chi connectivity index (χ0n) is 17.0. The summed E-state index contributed by atoms with van der Waals surface area (Å²) in [5.74, 6) is -1.50. The maximum absolute atomic E-state index is 12.2. The van der Waals surface area contributed by atoms with Gasteiger partial charge in [-0.05, 0) is 48.4 Å². The van der Waals surface area contributed by atoms with Gasteiger partial charge in [0.25, 0.3) is 0 Å². The van der Waals surface area contributed by atoms with Crippen LogP contribution in [-0.2, 0) is 14.4 Å². The lowest BCUT2D eigenvalue weighted by molar-refractivity contribution is -0.134. The van der Waals surface area contributed by atoms with Gasteiger partial charge < -0.3 is 18.6 Å². The predicted octanol–water partition coefficient (Wildman–Crippen LogP) is 3.57. The fraction of sp³-hybridized carbons (Fsp3) is 0.130. The summed E-state index contributed by atoms with van der Waals surface area (Å²) in [6, 6.07) is 10.6. The van der Waals surface area contributed by atoms with E-state index in [1.54, 1.807) is 25.1 Å². The molecule has 0 atom stereocenters. The first-order valence-corrected chi connectivity index (χ1v) is 9.16. The molecule has 0 fully saturated rings. The van der Waals surface area contributed by atoms with E-state index in [9.17, 15) is 19.2 Å². The summed E-state index contributed by atoms with van der Waals surface area (Å²) in [6.45, 7) is 4.22. The first kappa shape index (κ1) is 21.5. The minimum Gasteiger partial charge on any atom is -0.423 e. The lowest BCUT2D eigenvalue weighted by atomic mass is 10.1. The van der Waals surface area contributed by atoms with Crippen molar-refractivity contribution < 1.29 is 33.0 Å². The number of aryl methyl sites for hydroxylation is 1. The Labute approximate surface area is 176 Å². The van der Waals surface area contributed by atoms with Crippen LogP contribution >= 0.6 is 0 Å². The molecule has 0 aliphatic rings. The molecule has 0 amide bonds. The summed E-state index contributed by atoms with van der Waals surface area (Å²) >= 11 is 0. The second-order valence-electron chi connectivity index (χ2n) is 6.55. The highest BCUT2D eigenvalue weighted by atomic mass is 16.6. The zero-order valence-corrected chi connectivity index (χ0v) is 17.0. The van der Waals surface area contributed by atoms with Gasteiger partial charge in [0, 0.05) is 37.4 Å². The third-order valence-electron chi connectivity index (χ3n) is 4.03. The van der Waals surface area contributed by atoms with Crippen LogP contribution in [0.3, 0.4) is 0 Å². The number of hydrogen-bond donors (Lipinski definition) is 0. The van der Waals surface area contributed by atoms with Gasteiger partial charge in [-0.3, -0.25) is 9.59 Å². The van der Waals surface area contributed by atoms with Crippen molar-refractivity contribution in [3.8, 4) is 17.2 Å². The van der Waals surface area contributed by atoms with Crippen LogP contribution < -0.4 is 19.8 Å². The number of carbonyl (C=O) groups is 3. The van der Waals surface area contributed by atoms with Gasteiger partial charge in [-0.25, -0.2) is 9.59 Å². The van der Waals surface area contributed by atoms with Crippen molar-refractivity contribution in [1.29, 1.82) is 0 Å². The van der Waals surface area contributed by atoms with E-state index >= 15 is 0 Å². The number of carbonyl (C=O) groups excluding carboxylic acids is 3. The number of fused-ring (bicyclic) bond motifs is 1. The highest BCUT2D eigenvalue weighted by molar-refractivity contribution is 5.90. The number of rotatable bonds is 5. The molecule has 0 bridgehead atoms. The van der Waals surface area contributed by atoms with E-state index in [1.807, 2.05) is 0 Å². The van der Waals surface area contributed by atoms with E-state index in [0.717, 1.165) is 10.9 Å². The minimum atomic E-state index is -0.674. The third-order valence-corrected chi connectivity index (χ3v) is 4.03. The average molecular weight is 422 g/mol. The Balaban J connectivity index is 1.77. The molecule has 2 aromatic carbocycles. The molecule has 0 aliphatic carbocycles. The third kappa shape index (κ3) is 5.66. The van der Waals surface area contributed by atoms with Crippen molar-refractivity contribution in [3.05, 3.63) is 70.1 Å². The largest absolute Gasteiger partial charge is 0.423 e. The first-order valence-electron chi connectivity index (χ1n) is 9.16. The van der Waals surface area contributed by atoms with Gasteiger partial charge in [0.2, 0.25) is 0 Å². The fourth-order valence-electron chi connectivity index (χ4n) is 2.79. The van der Waals surface area contributed by atoms with Gasteiger partial charge in [-0.15, -0.1) is 0 Å². The van der Waals surface area contributed by atoms with Crippen molar-refractivity contribution in [2.24, 2.45) is 0 Å². The molecule has 8 nitrogen and oxygen atoms in total. The van der Waals surface area contributed by atoms with Crippen molar-refractivity contribution in [3.63, 3.8) is 0 Å². The molecule has 0 saturated heterocycles. The van der Waals surface area contributed by atoms with E-state index in [0.29, 0.717) is 11.1 Å². The van der Waals surface area contributed by atoms with Crippen LogP contribution in [0, 0.1) is 6.92 Å². The van der Waals surface area contributed by atoms with E-state index in [1.165, 1.54) is 50.3 Å². The Morgan fingerprint density at radius 1 is 0.871 bits per heavy atom. The fourth-order valence-corrected chi connectivity index (χ4v) is 2.79. The Bertz CT molecular complexity index is 1270. The SMILES string of the molecule is CC(=O)Oc1ccc(/C=C/C(=O)Oc2ccc3c(C)cc(=O)oc3c2)cc1OC(C)=O. The maximum atomic E-state index is 12.2. The molecule has 0 N–H and O–H groups in total. The minimum absolute atomic E-state index is 0.0399. The topological polar surface area (TPSA) is 109 Å². The number of ether oxygens (including phenoxy) is 3. The molecule has 0 radical (unpaired) electrons. The molecule has 0 saturated carbocycles. The molecule has 8 heteroatoms. The smallest absolute Gasteiger partial charge is 0.336 e. The van der Waals surface area contributed by atoms with Crippen LogP contribution in [0.1, 0.15) is 25.0 Å². The molecular formula is C23H18O8. The van der Waals surface area contributed by atoms with Crippen molar-refractivity contribution >= 4 is 35.0 Å². The Morgan fingerprint density at radius 3 is 2.29 bits per heavy atom.